The fraction of sp³-hybridized carbons (Fsp3) is 0.0952. The number of hydrogen-bond acceptors (Lipinski definition) is 5. The minimum Gasteiger partial charge on any atom is -0.507 e. The summed E-state index contributed by atoms with van der Waals surface area (Å²) in [6.45, 7) is 0. The molecule has 3 aromatic rings. The predicted molar refractivity (Wildman–Crippen MR) is 107 cm³/mol. The zero-order valence-corrected chi connectivity index (χ0v) is 16.2. The molecule has 0 aromatic heterocycles. The average molecular weight is 397 g/mol. The SMILES string of the molecule is COC(=O)c1cc(S(=O)(=O)N(C)c2ccccc2-c2ccccc2)ccc1O. The monoisotopic (exact) mass is 397 g/mol. The number of phenolic OH excluding ortho intramolecular Hbond substituents is 1. The van der Waals surface area contributed by atoms with Crippen molar-refractivity contribution in [3.05, 3.63) is 78.4 Å². The first-order chi connectivity index (χ1) is 13.4. The Bertz CT molecular complexity index is 1110. The minimum atomic E-state index is -3.99. The average Bonchev–Trinajstić information content (AvgIpc) is 2.73. The third kappa shape index (κ3) is 3.57. The van der Waals surface area contributed by atoms with Crippen LogP contribution in [0.25, 0.3) is 11.1 Å². The van der Waals surface area contributed by atoms with Gasteiger partial charge in [-0.05, 0) is 29.8 Å². The number of para-hydroxylation sites is 1. The lowest BCUT2D eigenvalue weighted by atomic mass is 10.0. The highest BCUT2D eigenvalue weighted by Gasteiger charge is 2.25. The molecule has 0 bridgehead atoms. The first kappa shape index (κ1) is 19.4. The fourth-order valence-electron chi connectivity index (χ4n) is 2.85. The lowest BCUT2D eigenvalue weighted by Crippen LogP contribution is -2.27. The van der Waals surface area contributed by atoms with E-state index in [1.165, 1.54) is 13.1 Å². The Balaban J connectivity index is 2.09. The second-order valence-electron chi connectivity index (χ2n) is 6.03. The van der Waals surface area contributed by atoms with E-state index in [4.69, 9.17) is 0 Å². The third-order valence-electron chi connectivity index (χ3n) is 4.36. The molecule has 0 aliphatic carbocycles. The van der Waals surface area contributed by atoms with Gasteiger partial charge in [0.25, 0.3) is 10.0 Å². The molecule has 0 atom stereocenters. The van der Waals surface area contributed by atoms with E-state index in [-0.39, 0.29) is 16.2 Å². The van der Waals surface area contributed by atoms with Crippen molar-refractivity contribution < 1.29 is 23.1 Å². The van der Waals surface area contributed by atoms with Crippen LogP contribution in [0.5, 0.6) is 5.75 Å². The van der Waals surface area contributed by atoms with Crippen LogP contribution < -0.4 is 4.31 Å². The molecular weight excluding hydrogens is 378 g/mol. The normalized spacial score (nSPS) is 11.1. The third-order valence-corrected chi connectivity index (χ3v) is 6.13. The number of carbonyl (C=O) groups excluding carboxylic acids is 1. The first-order valence-electron chi connectivity index (χ1n) is 8.41. The molecule has 3 aromatic carbocycles. The molecule has 0 fully saturated rings. The van der Waals surface area contributed by atoms with Gasteiger partial charge >= 0.3 is 5.97 Å². The van der Waals surface area contributed by atoms with Crippen LogP contribution in [0.15, 0.2) is 77.7 Å². The molecule has 7 heteroatoms. The number of esters is 1. The van der Waals surface area contributed by atoms with Gasteiger partial charge in [0.15, 0.2) is 0 Å². The summed E-state index contributed by atoms with van der Waals surface area (Å²) < 4.78 is 32.1. The largest absolute Gasteiger partial charge is 0.507 e. The standard InChI is InChI=1S/C21H19NO5S/c1-22(19-11-7-6-10-17(19)15-8-4-3-5-9-15)28(25,26)16-12-13-20(23)18(14-16)21(24)27-2/h3-14,23H,1-2H3. The number of hydrogen-bond donors (Lipinski definition) is 1. The smallest absolute Gasteiger partial charge is 0.341 e. The van der Waals surface area contributed by atoms with Crippen LogP contribution >= 0.6 is 0 Å². The number of benzene rings is 3. The number of phenols is 1. The Morgan fingerprint density at radius 1 is 0.964 bits per heavy atom. The van der Waals surface area contributed by atoms with Gasteiger partial charge in [-0.25, -0.2) is 13.2 Å². The van der Waals surface area contributed by atoms with Crippen LogP contribution in [-0.2, 0) is 14.8 Å². The summed E-state index contributed by atoms with van der Waals surface area (Å²) in [5, 5.41) is 9.84. The summed E-state index contributed by atoms with van der Waals surface area (Å²) in [5.74, 6) is -1.17. The molecule has 0 spiro atoms. The molecule has 144 valence electrons. The molecule has 3 rings (SSSR count). The predicted octanol–water partition coefficient (Wildman–Crippen LogP) is 3.67. The van der Waals surface area contributed by atoms with Crippen LogP contribution in [0.4, 0.5) is 5.69 Å². The summed E-state index contributed by atoms with van der Waals surface area (Å²) in [4.78, 5) is 11.7. The van der Waals surface area contributed by atoms with E-state index in [0.717, 1.165) is 34.7 Å². The van der Waals surface area contributed by atoms with Gasteiger partial charge in [-0.15, -0.1) is 0 Å². The molecule has 1 N–H and O–H groups in total. The van der Waals surface area contributed by atoms with Crippen molar-refractivity contribution in [3.63, 3.8) is 0 Å². The number of rotatable bonds is 5. The summed E-state index contributed by atoms with van der Waals surface area (Å²) in [5.41, 5.74) is 1.90. The fourth-order valence-corrected chi connectivity index (χ4v) is 4.09. The topological polar surface area (TPSA) is 83.9 Å². The molecule has 0 heterocycles. The van der Waals surface area contributed by atoms with Crippen molar-refractivity contribution in [2.75, 3.05) is 18.5 Å². The number of carbonyl (C=O) groups is 1. The number of anilines is 1. The maximum Gasteiger partial charge on any atom is 0.341 e. The highest BCUT2D eigenvalue weighted by Crippen LogP contribution is 2.33. The van der Waals surface area contributed by atoms with Gasteiger partial charge in [0.2, 0.25) is 0 Å². The zero-order valence-electron chi connectivity index (χ0n) is 15.4. The first-order valence-corrected chi connectivity index (χ1v) is 9.85. The maximum atomic E-state index is 13.2. The second-order valence-corrected chi connectivity index (χ2v) is 8.00. The maximum absolute atomic E-state index is 13.2. The quantitative estimate of drug-likeness (QED) is 0.664. The van der Waals surface area contributed by atoms with Crippen LogP contribution in [0.3, 0.4) is 0 Å². The van der Waals surface area contributed by atoms with Crippen molar-refractivity contribution in [1.29, 1.82) is 0 Å². The van der Waals surface area contributed by atoms with Gasteiger partial charge < -0.3 is 9.84 Å². The Morgan fingerprint density at radius 3 is 2.29 bits per heavy atom. The Hall–Kier alpha value is -3.32. The highest BCUT2D eigenvalue weighted by molar-refractivity contribution is 7.92. The van der Waals surface area contributed by atoms with Crippen molar-refractivity contribution in [2.45, 2.75) is 4.90 Å². The van der Waals surface area contributed by atoms with Gasteiger partial charge in [-0.2, -0.15) is 0 Å². The van der Waals surface area contributed by atoms with Gasteiger partial charge in [0.05, 0.1) is 17.7 Å². The molecule has 0 aliphatic heterocycles. The Labute approximate surface area is 163 Å². The van der Waals surface area contributed by atoms with Crippen LogP contribution in [0, 0.1) is 0 Å². The molecule has 0 amide bonds. The van der Waals surface area contributed by atoms with Gasteiger partial charge in [-0.3, -0.25) is 4.31 Å². The zero-order chi connectivity index (χ0) is 20.3. The van der Waals surface area contributed by atoms with Gasteiger partial charge in [0, 0.05) is 12.6 Å². The summed E-state index contributed by atoms with van der Waals surface area (Å²) >= 11 is 0. The lowest BCUT2D eigenvalue weighted by molar-refractivity contribution is 0.0597. The molecule has 6 nitrogen and oxygen atoms in total. The van der Waals surface area contributed by atoms with E-state index < -0.39 is 16.0 Å². The highest BCUT2D eigenvalue weighted by atomic mass is 32.2. The Kier molecular flexibility index (Phi) is 5.37. The summed E-state index contributed by atoms with van der Waals surface area (Å²) in [6.07, 6.45) is 0. The van der Waals surface area contributed by atoms with Crippen molar-refractivity contribution in [3.8, 4) is 16.9 Å². The van der Waals surface area contributed by atoms with Crippen molar-refractivity contribution in [2.24, 2.45) is 0 Å². The van der Waals surface area contributed by atoms with Crippen molar-refractivity contribution >= 4 is 21.7 Å². The molecule has 0 aliphatic rings. The number of methoxy groups -OCH3 is 1. The van der Waals surface area contributed by atoms with Crippen LogP contribution in [-0.4, -0.2) is 33.7 Å². The van der Waals surface area contributed by atoms with E-state index in [1.807, 2.05) is 42.5 Å². The van der Waals surface area contributed by atoms with Crippen LogP contribution in [0.2, 0.25) is 0 Å². The lowest BCUT2D eigenvalue weighted by Gasteiger charge is -2.23. The number of aromatic hydroxyl groups is 1. The molecule has 0 unspecified atom stereocenters. The van der Waals surface area contributed by atoms with E-state index >= 15 is 0 Å². The Morgan fingerprint density at radius 2 is 1.61 bits per heavy atom. The molecule has 0 saturated carbocycles. The van der Waals surface area contributed by atoms with E-state index in [2.05, 4.69) is 4.74 Å². The molecular formula is C21H19NO5S. The van der Waals surface area contributed by atoms with E-state index in [1.54, 1.807) is 12.1 Å². The van der Waals surface area contributed by atoms with E-state index in [0.29, 0.717) is 5.69 Å². The number of sulfonamides is 1. The van der Waals surface area contributed by atoms with Crippen molar-refractivity contribution in [1.82, 2.24) is 0 Å². The summed E-state index contributed by atoms with van der Waals surface area (Å²) in [7, 11) is -1.38. The second kappa shape index (κ2) is 7.74. The number of ether oxygens (including phenoxy) is 1. The van der Waals surface area contributed by atoms with Gasteiger partial charge in [-0.1, -0.05) is 48.5 Å². The molecule has 28 heavy (non-hydrogen) atoms. The van der Waals surface area contributed by atoms with E-state index in [9.17, 15) is 18.3 Å². The van der Waals surface area contributed by atoms with Crippen LogP contribution in [0.1, 0.15) is 10.4 Å². The number of nitrogens with zero attached hydrogens (tertiary/aromatic N) is 1. The summed E-state index contributed by atoms with van der Waals surface area (Å²) in [6, 6.07) is 20.1. The molecule has 0 saturated heterocycles. The molecule has 0 radical (unpaired) electrons. The minimum absolute atomic E-state index is 0.129. The van der Waals surface area contributed by atoms with Gasteiger partial charge in [0.1, 0.15) is 11.3 Å².